The van der Waals surface area contributed by atoms with E-state index in [1.54, 1.807) is 18.3 Å². The fourth-order valence-corrected chi connectivity index (χ4v) is 1.58. The Hall–Kier alpha value is -2.44. The molecule has 0 amide bonds. The van der Waals surface area contributed by atoms with Crippen LogP contribution in [0, 0.1) is 11.3 Å². The van der Waals surface area contributed by atoms with Crippen molar-refractivity contribution >= 4 is 6.21 Å². The van der Waals surface area contributed by atoms with Crippen LogP contribution in [0.1, 0.15) is 22.9 Å². The fourth-order valence-electron chi connectivity index (χ4n) is 1.58. The Morgan fingerprint density at radius 3 is 2.61 bits per heavy atom. The number of hydrogen-bond acceptors (Lipinski definition) is 3. The standard InChI is InChI=1S/C15H13N3/c16-10-13-7-4-8-14(9-13)15(17)18-11-12-5-2-1-3-6-12/h1-9,11,15H,17H2/b18-11+. The molecule has 0 bridgehead atoms. The van der Waals surface area contributed by atoms with Gasteiger partial charge in [0.1, 0.15) is 6.17 Å². The van der Waals surface area contributed by atoms with Crippen LogP contribution in [0.2, 0.25) is 0 Å². The van der Waals surface area contributed by atoms with Crippen LogP contribution in [0.15, 0.2) is 59.6 Å². The van der Waals surface area contributed by atoms with Crippen molar-refractivity contribution in [3.05, 3.63) is 71.3 Å². The Labute approximate surface area is 106 Å². The summed E-state index contributed by atoms with van der Waals surface area (Å²) in [5, 5.41) is 8.82. The molecule has 2 rings (SSSR count). The molecule has 2 aromatic rings. The minimum Gasteiger partial charge on any atom is -0.306 e. The number of nitrogens with two attached hydrogens (primary N) is 1. The van der Waals surface area contributed by atoms with Crippen LogP contribution in [0.5, 0.6) is 0 Å². The van der Waals surface area contributed by atoms with Gasteiger partial charge in [-0.15, -0.1) is 0 Å². The third kappa shape index (κ3) is 3.03. The van der Waals surface area contributed by atoms with Gasteiger partial charge in [-0.25, -0.2) is 0 Å². The zero-order valence-corrected chi connectivity index (χ0v) is 9.82. The molecule has 0 heterocycles. The Morgan fingerprint density at radius 1 is 1.11 bits per heavy atom. The Balaban J connectivity index is 2.15. The number of hydrogen-bond donors (Lipinski definition) is 1. The minimum atomic E-state index is -0.446. The van der Waals surface area contributed by atoms with Crippen molar-refractivity contribution in [1.82, 2.24) is 0 Å². The van der Waals surface area contributed by atoms with Crippen molar-refractivity contribution in [3.8, 4) is 6.07 Å². The lowest BCUT2D eigenvalue weighted by Crippen LogP contribution is -2.07. The molecule has 0 fully saturated rings. The first-order valence-electron chi connectivity index (χ1n) is 5.63. The van der Waals surface area contributed by atoms with Crippen LogP contribution in [0.3, 0.4) is 0 Å². The molecule has 0 aliphatic carbocycles. The zero-order chi connectivity index (χ0) is 12.8. The summed E-state index contributed by atoms with van der Waals surface area (Å²) in [4.78, 5) is 4.28. The summed E-state index contributed by atoms with van der Waals surface area (Å²) in [6, 6.07) is 19.0. The van der Waals surface area contributed by atoms with E-state index in [0.29, 0.717) is 5.56 Å². The largest absolute Gasteiger partial charge is 0.306 e. The number of benzene rings is 2. The van der Waals surface area contributed by atoms with Gasteiger partial charge in [0.15, 0.2) is 0 Å². The highest BCUT2D eigenvalue weighted by Crippen LogP contribution is 2.13. The van der Waals surface area contributed by atoms with E-state index in [2.05, 4.69) is 11.1 Å². The summed E-state index contributed by atoms with van der Waals surface area (Å²) in [6.45, 7) is 0. The quantitative estimate of drug-likeness (QED) is 0.831. The highest BCUT2D eigenvalue weighted by Gasteiger charge is 2.03. The molecule has 3 heteroatoms. The summed E-state index contributed by atoms with van der Waals surface area (Å²) in [6.07, 6.45) is 1.29. The third-order valence-electron chi connectivity index (χ3n) is 2.54. The van der Waals surface area contributed by atoms with Gasteiger partial charge >= 0.3 is 0 Å². The molecule has 2 aromatic carbocycles. The topological polar surface area (TPSA) is 62.2 Å². The molecule has 0 radical (unpaired) electrons. The molecule has 2 N–H and O–H groups in total. The van der Waals surface area contributed by atoms with Gasteiger partial charge in [-0.2, -0.15) is 5.26 Å². The van der Waals surface area contributed by atoms with E-state index in [1.165, 1.54) is 0 Å². The van der Waals surface area contributed by atoms with Crippen LogP contribution >= 0.6 is 0 Å². The number of nitrogens with zero attached hydrogens (tertiary/aromatic N) is 2. The fraction of sp³-hybridized carbons (Fsp3) is 0.0667. The minimum absolute atomic E-state index is 0.446. The summed E-state index contributed by atoms with van der Waals surface area (Å²) in [5.74, 6) is 0. The van der Waals surface area contributed by atoms with Gasteiger partial charge in [0, 0.05) is 6.21 Å². The van der Waals surface area contributed by atoms with Gasteiger partial charge in [0.05, 0.1) is 11.6 Å². The van der Waals surface area contributed by atoms with Gasteiger partial charge < -0.3 is 5.73 Å². The predicted octanol–water partition coefficient (Wildman–Crippen LogP) is 2.63. The van der Waals surface area contributed by atoms with Crippen LogP contribution < -0.4 is 5.73 Å². The van der Waals surface area contributed by atoms with Crippen molar-refractivity contribution in [2.45, 2.75) is 6.17 Å². The normalized spacial score (nSPS) is 12.2. The number of nitriles is 1. The van der Waals surface area contributed by atoms with Gasteiger partial charge in [-0.3, -0.25) is 4.99 Å². The van der Waals surface area contributed by atoms with Gasteiger partial charge in [-0.05, 0) is 23.3 Å². The molecule has 0 saturated carbocycles. The van der Waals surface area contributed by atoms with E-state index in [1.807, 2.05) is 42.5 Å². The molecule has 88 valence electrons. The molecule has 0 aliphatic heterocycles. The smallest absolute Gasteiger partial charge is 0.123 e. The first-order valence-corrected chi connectivity index (χ1v) is 5.63. The Morgan fingerprint density at radius 2 is 1.89 bits per heavy atom. The van der Waals surface area contributed by atoms with Gasteiger partial charge in [0.25, 0.3) is 0 Å². The SMILES string of the molecule is N#Cc1cccc(C(N)/N=C/c2ccccc2)c1. The summed E-state index contributed by atoms with van der Waals surface area (Å²) >= 11 is 0. The van der Waals surface area contributed by atoms with Crippen molar-refractivity contribution < 1.29 is 0 Å². The Bertz CT molecular complexity index is 582. The highest BCUT2D eigenvalue weighted by atomic mass is 14.9. The monoisotopic (exact) mass is 235 g/mol. The zero-order valence-electron chi connectivity index (χ0n) is 9.82. The molecule has 1 atom stereocenters. The lowest BCUT2D eigenvalue weighted by molar-refractivity contribution is 0.780. The van der Waals surface area contributed by atoms with E-state index in [-0.39, 0.29) is 0 Å². The first kappa shape index (κ1) is 12.0. The summed E-state index contributed by atoms with van der Waals surface area (Å²) in [7, 11) is 0. The van der Waals surface area contributed by atoms with Crippen LogP contribution in [-0.2, 0) is 0 Å². The molecule has 0 aliphatic rings. The maximum atomic E-state index is 8.82. The second kappa shape index (κ2) is 5.76. The molecule has 18 heavy (non-hydrogen) atoms. The maximum absolute atomic E-state index is 8.82. The maximum Gasteiger partial charge on any atom is 0.123 e. The number of rotatable bonds is 3. The predicted molar refractivity (Wildman–Crippen MR) is 72.1 cm³/mol. The highest BCUT2D eigenvalue weighted by molar-refractivity contribution is 5.79. The van der Waals surface area contributed by atoms with Crippen LogP contribution in [-0.4, -0.2) is 6.21 Å². The second-order valence-corrected chi connectivity index (χ2v) is 3.87. The molecule has 0 spiro atoms. The third-order valence-corrected chi connectivity index (χ3v) is 2.54. The molecule has 0 saturated heterocycles. The van der Waals surface area contributed by atoms with E-state index >= 15 is 0 Å². The van der Waals surface area contributed by atoms with Crippen molar-refractivity contribution in [2.24, 2.45) is 10.7 Å². The number of aliphatic imine (C=N–C) groups is 1. The van der Waals surface area contributed by atoms with E-state index in [9.17, 15) is 0 Å². The second-order valence-electron chi connectivity index (χ2n) is 3.87. The molecular weight excluding hydrogens is 222 g/mol. The molecule has 3 nitrogen and oxygen atoms in total. The Kier molecular flexibility index (Phi) is 3.85. The van der Waals surface area contributed by atoms with Crippen molar-refractivity contribution in [3.63, 3.8) is 0 Å². The summed E-state index contributed by atoms with van der Waals surface area (Å²) < 4.78 is 0. The van der Waals surface area contributed by atoms with E-state index < -0.39 is 6.17 Å². The van der Waals surface area contributed by atoms with E-state index in [4.69, 9.17) is 11.0 Å². The van der Waals surface area contributed by atoms with Gasteiger partial charge in [-0.1, -0.05) is 42.5 Å². The molecular formula is C15H13N3. The van der Waals surface area contributed by atoms with Crippen LogP contribution in [0.4, 0.5) is 0 Å². The average molecular weight is 235 g/mol. The molecule has 1 unspecified atom stereocenters. The summed E-state index contributed by atoms with van der Waals surface area (Å²) in [5.41, 5.74) is 8.39. The van der Waals surface area contributed by atoms with Crippen molar-refractivity contribution in [2.75, 3.05) is 0 Å². The van der Waals surface area contributed by atoms with Crippen LogP contribution in [0.25, 0.3) is 0 Å². The van der Waals surface area contributed by atoms with Gasteiger partial charge in [0.2, 0.25) is 0 Å². The lowest BCUT2D eigenvalue weighted by Gasteiger charge is -2.06. The average Bonchev–Trinajstić information content (AvgIpc) is 2.46. The lowest BCUT2D eigenvalue weighted by atomic mass is 10.1. The van der Waals surface area contributed by atoms with Crippen molar-refractivity contribution in [1.29, 1.82) is 5.26 Å². The first-order chi connectivity index (χ1) is 8.79. The van der Waals surface area contributed by atoms with E-state index in [0.717, 1.165) is 11.1 Å². The molecule has 0 aromatic heterocycles.